The molecule has 0 saturated carbocycles. The molecule has 0 aliphatic rings. The molecule has 1 aromatic heterocycles. The van der Waals surface area contributed by atoms with Gasteiger partial charge in [-0.05, 0) is 18.2 Å². The van der Waals surface area contributed by atoms with E-state index in [-0.39, 0.29) is 12.5 Å². The molecule has 6 heteroatoms. The number of nitrogens with one attached hydrogen (secondary N) is 2. The molecule has 5 nitrogen and oxygen atoms in total. The maximum atomic E-state index is 11.7. The van der Waals surface area contributed by atoms with Crippen molar-refractivity contribution in [3.05, 3.63) is 65.3 Å². The number of fused-ring (bicyclic) bond motifs is 1. The van der Waals surface area contributed by atoms with Crippen LogP contribution in [0.25, 0.3) is 10.9 Å². The lowest BCUT2D eigenvalue weighted by Crippen LogP contribution is -2.24. The van der Waals surface area contributed by atoms with Gasteiger partial charge in [0.25, 0.3) is 5.91 Å². The molecule has 116 valence electrons. The summed E-state index contributed by atoms with van der Waals surface area (Å²) in [5, 5.41) is 5.44. The minimum atomic E-state index is -0.360. The number of nitrogens with zero attached hydrogens (tertiary/aromatic N) is 1. The zero-order valence-electron chi connectivity index (χ0n) is 12.1. The summed E-state index contributed by atoms with van der Waals surface area (Å²) in [6.07, 6.45) is 3.42. The van der Waals surface area contributed by atoms with Gasteiger partial charge >= 0.3 is 0 Å². The molecule has 0 radical (unpaired) electrons. The lowest BCUT2D eigenvalue weighted by Gasteiger charge is -2.06. The molecule has 0 atom stereocenters. The van der Waals surface area contributed by atoms with Gasteiger partial charge in [-0.1, -0.05) is 41.9 Å². The lowest BCUT2D eigenvalue weighted by atomic mass is 10.2. The lowest BCUT2D eigenvalue weighted by molar-refractivity contribution is -0.123. The van der Waals surface area contributed by atoms with E-state index in [1.807, 2.05) is 30.5 Å². The van der Waals surface area contributed by atoms with Crippen molar-refractivity contribution in [1.82, 2.24) is 10.4 Å². The number of halogens is 1. The van der Waals surface area contributed by atoms with Crippen molar-refractivity contribution in [3.8, 4) is 5.75 Å². The van der Waals surface area contributed by atoms with Crippen LogP contribution in [0.5, 0.6) is 5.75 Å². The zero-order chi connectivity index (χ0) is 16.1. The molecule has 1 amide bonds. The number of benzene rings is 2. The third kappa shape index (κ3) is 3.70. The number of carbonyl (C=O) groups is 1. The van der Waals surface area contributed by atoms with Crippen LogP contribution in [0.2, 0.25) is 5.02 Å². The van der Waals surface area contributed by atoms with Gasteiger partial charge < -0.3 is 9.72 Å². The molecule has 0 fully saturated rings. The summed E-state index contributed by atoms with van der Waals surface area (Å²) in [6.45, 7) is -0.158. The number of hydrogen-bond donors (Lipinski definition) is 2. The summed E-state index contributed by atoms with van der Waals surface area (Å²) in [6, 6.07) is 14.8. The third-order valence-electron chi connectivity index (χ3n) is 3.21. The highest BCUT2D eigenvalue weighted by Gasteiger charge is 2.04. The Kier molecular flexibility index (Phi) is 4.59. The van der Waals surface area contributed by atoms with Gasteiger partial charge in [0.1, 0.15) is 5.75 Å². The number of hydrazone groups is 1. The van der Waals surface area contributed by atoms with E-state index in [1.54, 1.807) is 30.5 Å². The number of aromatic nitrogens is 1. The summed E-state index contributed by atoms with van der Waals surface area (Å²) in [7, 11) is 0. The summed E-state index contributed by atoms with van der Waals surface area (Å²) in [5.74, 6) is 0.103. The predicted molar refractivity (Wildman–Crippen MR) is 91.0 cm³/mol. The Morgan fingerprint density at radius 2 is 2.00 bits per heavy atom. The average Bonchev–Trinajstić information content (AvgIpc) is 2.98. The average molecular weight is 328 g/mol. The van der Waals surface area contributed by atoms with Crippen LogP contribution < -0.4 is 10.2 Å². The SMILES string of the molecule is O=C(COc1ccccc1Cl)N/N=C/c1c[nH]c2ccccc12. The Balaban J connectivity index is 1.55. The van der Waals surface area contributed by atoms with Gasteiger partial charge in [-0.25, -0.2) is 5.43 Å². The standard InChI is InChI=1S/C17H14ClN3O2/c18-14-6-2-4-8-16(14)23-11-17(22)21-20-10-12-9-19-15-7-3-1-5-13(12)15/h1-10,19H,11H2,(H,21,22)/b20-10+. The zero-order valence-corrected chi connectivity index (χ0v) is 12.9. The van der Waals surface area contributed by atoms with Crippen LogP contribution in [-0.2, 0) is 4.79 Å². The molecule has 0 bridgehead atoms. The molecule has 0 unspecified atom stereocenters. The second kappa shape index (κ2) is 6.98. The van der Waals surface area contributed by atoms with Crippen molar-refractivity contribution in [2.24, 2.45) is 5.10 Å². The molecule has 0 aliphatic heterocycles. The monoisotopic (exact) mass is 327 g/mol. The van der Waals surface area contributed by atoms with E-state index in [4.69, 9.17) is 16.3 Å². The highest BCUT2D eigenvalue weighted by Crippen LogP contribution is 2.22. The third-order valence-corrected chi connectivity index (χ3v) is 3.52. The molecule has 2 N–H and O–H groups in total. The van der Waals surface area contributed by atoms with Gasteiger partial charge in [-0.15, -0.1) is 0 Å². The van der Waals surface area contributed by atoms with Gasteiger partial charge in [-0.3, -0.25) is 4.79 Å². The van der Waals surface area contributed by atoms with E-state index in [9.17, 15) is 4.79 Å². The van der Waals surface area contributed by atoms with Crippen LogP contribution >= 0.6 is 11.6 Å². The number of rotatable bonds is 5. The largest absolute Gasteiger partial charge is 0.482 e. The second-order valence-electron chi connectivity index (χ2n) is 4.80. The van der Waals surface area contributed by atoms with Crippen molar-refractivity contribution >= 4 is 34.6 Å². The Morgan fingerprint density at radius 1 is 1.22 bits per heavy atom. The summed E-state index contributed by atoms with van der Waals surface area (Å²) in [5.41, 5.74) is 4.34. The van der Waals surface area contributed by atoms with Crippen LogP contribution in [0, 0.1) is 0 Å². The van der Waals surface area contributed by atoms with Crippen LogP contribution in [0.1, 0.15) is 5.56 Å². The van der Waals surface area contributed by atoms with E-state index in [2.05, 4.69) is 15.5 Å². The Morgan fingerprint density at radius 3 is 2.87 bits per heavy atom. The maximum Gasteiger partial charge on any atom is 0.277 e. The molecule has 3 aromatic rings. The summed E-state index contributed by atoms with van der Waals surface area (Å²) in [4.78, 5) is 14.9. The highest BCUT2D eigenvalue weighted by atomic mass is 35.5. The fourth-order valence-corrected chi connectivity index (χ4v) is 2.30. The van der Waals surface area contributed by atoms with Gasteiger partial charge in [0, 0.05) is 22.7 Å². The van der Waals surface area contributed by atoms with Crippen molar-refractivity contribution in [3.63, 3.8) is 0 Å². The van der Waals surface area contributed by atoms with Gasteiger partial charge in [-0.2, -0.15) is 5.10 Å². The fraction of sp³-hybridized carbons (Fsp3) is 0.0588. The number of para-hydroxylation sites is 2. The molecular formula is C17H14ClN3O2. The van der Waals surface area contributed by atoms with Crippen LogP contribution in [0.15, 0.2) is 59.8 Å². The van der Waals surface area contributed by atoms with Crippen LogP contribution in [0.3, 0.4) is 0 Å². The smallest absolute Gasteiger partial charge is 0.277 e. The van der Waals surface area contributed by atoms with E-state index in [0.717, 1.165) is 16.5 Å². The topological polar surface area (TPSA) is 66.5 Å². The highest BCUT2D eigenvalue weighted by molar-refractivity contribution is 6.32. The van der Waals surface area contributed by atoms with Gasteiger partial charge in [0.15, 0.2) is 6.61 Å². The number of aromatic amines is 1. The number of H-pyrrole nitrogens is 1. The number of amides is 1. The minimum absolute atomic E-state index is 0.158. The summed E-state index contributed by atoms with van der Waals surface area (Å²) < 4.78 is 5.33. The van der Waals surface area contributed by atoms with Gasteiger partial charge in [0.05, 0.1) is 11.2 Å². The molecule has 0 saturated heterocycles. The number of carbonyl (C=O) groups excluding carboxylic acids is 1. The molecule has 3 rings (SSSR count). The van der Waals surface area contributed by atoms with E-state index in [0.29, 0.717) is 10.8 Å². The van der Waals surface area contributed by atoms with Crippen molar-refractivity contribution in [2.45, 2.75) is 0 Å². The molecule has 0 aliphatic carbocycles. The quantitative estimate of drug-likeness (QED) is 0.557. The Hall–Kier alpha value is -2.79. The molecule has 2 aromatic carbocycles. The second-order valence-corrected chi connectivity index (χ2v) is 5.21. The maximum absolute atomic E-state index is 11.7. The Bertz CT molecular complexity index is 858. The fourth-order valence-electron chi connectivity index (χ4n) is 2.11. The van der Waals surface area contributed by atoms with Crippen LogP contribution in [-0.4, -0.2) is 23.7 Å². The van der Waals surface area contributed by atoms with Gasteiger partial charge in [0.2, 0.25) is 0 Å². The first-order valence-corrected chi connectivity index (χ1v) is 7.37. The molecular weight excluding hydrogens is 314 g/mol. The Labute approximate surface area is 137 Å². The van der Waals surface area contributed by atoms with E-state index >= 15 is 0 Å². The summed E-state index contributed by atoms with van der Waals surface area (Å²) >= 11 is 5.95. The first-order valence-electron chi connectivity index (χ1n) is 6.99. The predicted octanol–water partition coefficient (Wildman–Crippen LogP) is 3.35. The first kappa shape index (κ1) is 15.1. The minimum Gasteiger partial charge on any atom is -0.482 e. The number of ether oxygens (including phenoxy) is 1. The van der Waals surface area contributed by atoms with E-state index in [1.165, 1.54) is 0 Å². The first-order chi connectivity index (χ1) is 11.2. The molecule has 0 spiro atoms. The normalized spacial score (nSPS) is 11.0. The van der Waals surface area contributed by atoms with E-state index < -0.39 is 0 Å². The molecule has 23 heavy (non-hydrogen) atoms. The molecule has 1 heterocycles. The van der Waals surface area contributed by atoms with Crippen molar-refractivity contribution in [1.29, 1.82) is 0 Å². The van der Waals surface area contributed by atoms with Crippen LogP contribution in [0.4, 0.5) is 0 Å². The van der Waals surface area contributed by atoms with Crippen molar-refractivity contribution in [2.75, 3.05) is 6.61 Å². The van der Waals surface area contributed by atoms with Crippen molar-refractivity contribution < 1.29 is 9.53 Å². The number of hydrogen-bond acceptors (Lipinski definition) is 3.